The van der Waals surface area contributed by atoms with Crippen LogP contribution in [0.3, 0.4) is 0 Å². The van der Waals surface area contributed by atoms with Gasteiger partial charge in [-0.2, -0.15) is 0 Å². The van der Waals surface area contributed by atoms with E-state index < -0.39 is 0 Å². The van der Waals surface area contributed by atoms with Crippen LogP contribution in [0, 0.1) is 20.8 Å². The predicted molar refractivity (Wildman–Crippen MR) is 89.5 cm³/mol. The molecule has 20 heavy (non-hydrogen) atoms. The Labute approximate surface area is 129 Å². The van der Waals surface area contributed by atoms with Gasteiger partial charge in [0, 0.05) is 4.47 Å². The number of hydrogen-bond donors (Lipinski definition) is 1. The number of aryl methyl sites for hydroxylation is 4. The van der Waals surface area contributed by atoms with Gasteiger partial charge < -0.3 is 5.32 Å². The summed E-state index contributed by atoms with van der Waals surface area (Å²) in [7, 11) is 0. The van der Waals surface area contributed by atoms with E-state index >= 15 is 0 Å². The molecule has 0 aromatic heterocycles. The Morgan fingerprint density at radius 3 is 2.60 bits per heavy atom. The van der Waals surface area contributed by atoms with Crippen molar-refractivity contribution in [3.05, 3.63) is 62.6 Å². The average Bonchev–Trinajstić information content (AvgIpc) is 2.76. The zero-order chi connectivity index (χ0) is 14.3. The molecule has 0 saturated carbocycles. The van der Waals surface area contributed by atoms with E-state index in [2.05, 4.69) is 72.3 Å². The first-order chi connectivity index (χ1) is 9.54. The van der Waals surface area contributed by atoms with Gasteiger partial charge in [0.15, 0.2) is 0 Å². The summed E-state index contributed by atoms with van der Waals surface area (Å²) in [5.41, 5.74) is 8.14. The van der Waals surface area contributed by atoms with Crippen molar-refractivity contribution in [2.45, 2.75) is 39.7 Å². The van der Waals surface area contributed by atoms with E-state index in [9.17, 15) is 0 Å². The second-order valence-electron chi connectivity index (χ2n) is 5.88. The molecule has 104 valence electrons. The summed E-state index contributed by atoms with van der Waals surface area (Å²) in [6.45, 7) is 6.48. The summed E-state index contributed by atoms with van der Waals surface area (Å²) in [5.74, 6) is 0. The van der Waals surface area contributed by atoms with Crippen LogP contribution in [0.5, 0.6) is 0 Å². The Bertz CT molecular complexity index is 637. The standard InChI is InChI=1S/C18H20BrN/c1-11-4-5-14-6-7-17(15(14)9-11)20-18-13(3)8-12(2)10-16(18)19/h4-5,8-10,17,20H,6-7H2,1-3H3. The third-order valence-electron chi connectivity index (χ3n) is 4.13. The quantitative estimate of drug-likeness (QED) is 0.769. The van der Waals surface area contributed by atoms with Crippen LogP contribution in [-0.2, 0) is 6.42 Å². The monoisotopic (exact) mass is 329 g/mol. The molecular weight excluding hydrogens is 310 g/mol. The SMILES string of the molecule is Cc1cc(C)c(NC2CCc3ccc(C)cc32)c(Br)c1. The minimum Gasteiger partial charge on any atom is -0.377 e. The highest BCUT2D eigenvalue weighted by Crippen LogP contribution is 2.37. The fourth-order valence-electron chi connectivity index (χ4n) is 3.14. The minimum absolute atomic E-state index is 0.433. The molecule has 1 unspecified atom stereocenters. The predicted octanol–water partition coefficient (Wildman–Crippen LogP) is 5.47. The number of hydrogen-bond acceptors (Lipinski definition) is 1. The van der Waals surface area contributed by atoms with E-state index in [0.717, 1.165) is 4.47 Å². The van der Waals surface area contributed by atoms with Crippen LogP contribution < -0.4 is 5.32 Å². The summed E-state index contributed by atoms with van der Waals surface area (Å²) >= 11 is 3.70. The number of halogens is 1. The fourth-order valence-corrected chi connectivity index (χ4v) is 3.93. The lowest BCUT2D eigenvalue weighted by Gasteiger charge is -2.19. The molecular formula is C18H20BrN. The molecule has 3 rings (SSSR count). The van der Waals surface area contributed by atoms with Gasteiger partial charge in [-0.3, -0.25) is 0 Å². The molecule has 2 aromatic rings. The molecule has 0 bridgehead atoms. The van der Waals surface area contributed by atoms with Gasteiger partial charge in [0.05, 0.1) is 11.7 Å². The first-order valence-corrected chi connectivity index (χ1v) is 7.96. The van der Waals surface area contributed by atoms with Gasteiger partial charge in [-0.1, -0.05) is 29.8 Å². The molecule has 1 atom stereocenters. The van der Waals surface area contributed by atoms with E-state index in [4.69, 9.17) is 0 Å². The molecule has 0 heterocycles. The molecule has 1 aliphatic rings. The van der Waals surface area contributed by atoms with Crippen LogP contribution in [0.1, 0.15) is 40.3 Å². The summed E-state index contributed by atoms with van der Waals surface area (Å²) in [4.78, 5) is 0. The molecule has 0 saturated heterocycles. The molecule has 0 spiro atoms. The van der Waals surface area contributed by atoms with Gasteiger partial charge >= 0.3 is 0 Å². The van der Waals surface area contributed by atoms with E-state index in [-0.39, 0.29) is 0 Å². The Morgan fingerprint density at radius 1 is 1.05 bits per heavy atom. The van der Waals surface area contributed by atoms with Crippen molar-refractivity contribution < 1.29 is 0 Å². The first-order valence-electron chi connectivity index (χ1n) is 7.17. The lowest BCUT2D eigenvalue weighted by Crippen LogP contribution is -2.09. The Balaban J connectivity index is 1.93. The second-order valence-corrected chi connectivity index (χ2v) is 6.73. The number of fused-ring (bicyclic) bond motifs is 1. The van der Waals surface area contributed by atoms with Crippen molar-refractivity contribution in [2.24, 2.45) is 0 Å². The molecule has 2 aromatic carbocycles. The average molecular weight is 330 g/mol. The number of nitrogens with one attached hydrogen (secondary N) is 1. The normalized spacial score (nSPS) is 17.1. The summed E-state index contributed by atoms with van der Waals surface area (Å²) in [5, 5.41) is 3.74. The molecule has 0 fully saturated rings. The summed E-state index contributed by atoms with van der Waals surface area (Å²) < 4.78 is 1.16. The van der Waals surface area contributed by atoms with E-state index in [0.29, 0.717) is 6.04 Å². The van der Waals surface area contributed by atoms with Crippen LogP contribution in [0.4, 0.5) is 5.69 Å². The molecule has 0 amide bonds. The Hall–Kier alpha value is -1.28. The van der Waals surface area contributed by atoms with Crippen molar-refractivity contribution in [1.29, 1.82) is 0 Å². The lowest BCUT2D eigenvalue weighted by molar-refractivity contribution is 0.760. The topological polar surface area (TPSA) is 12.0 Å². The van der Waals surface area contributed by atoms with Gasteiger partial charge in [0.1, 0.15) is 0 Å². The van der Waals surface area contributed by atoms with Crippen LogP contribution in [0.2, 0.25) is 0 Å². The Kier molecular flexibility index (Phi) is 3.59. The zero-order valence-electron chi connectivity index (χ0n) is 12.3. The van der Waals surface area contributed by atoms with Crippen molar-refractivity contribution in [2.75, 3.05) is 5.32 Å². The highest BCUT2D eigenvalue weighted by Gasteiger charge is 2.23. The fraction of sp³-hybridized carbons (Fsp3) is 0.333. The maximum Gasteiger partial charge on any atom is 0.0520 e. The maximum absolute atomic E-state index is 3.74. The van der Waals surface area contributed by atoms with Crippen molar-refractivity contribution in [3.63, 3.8) is 0 Å². The maximum atomic E-state index is 3.74. The zero-order valence-corrected chi connectivity index (χ0v) is 13.8. The van der Waals surface area contributed by atoms with Gasteiger partial charge in [-0.15, -0.1) is 0 Å². The molecule has 1 N–H and O–H groups in total. The van der Waals surface area contributed by atoms with E-state index in [1.807, 2.05) is 0 Å². The van der Waals surface area contributed by atoms with Crippen molar-refractivity contribution in [1.82, 2.24) is 0 Å². The van der Waals surface area contributed by atoms with Gasteiger partial charge in [-0.05, 0) is 77.9 Å². The lowest BCUT2D eigenvalue weighted by atomic mass is 10.0. The van der Waals surface area contributed by atoms with Crippen LogP contribution in [0.25, 0.3) is 0 Å². The summed E-state index contributed by atoms with van der Waals surface area (Å²) in [6.07, 6.45) is 2.36. The van der Waals surface area contributed by atoms with Crippen molar-refractivity contribution >= 4 is 21.6 Å². The van der Waals surface area contributed by atoms with Crippen LogP contribution >= 0.6 is 15.9 Å². The number of benzene rings is 2. The van der Waals surface area contributed by atoms with Gasteiger partial charge in [0.25, 0.3) is 0 Å². The largest absolute Gasteiger partial charge is 0.377 e. The molecule has 1 aliphatic carbocycles. The summed E-state index contributed by atoms with van der Waals surface area (Å²) in [6, 6.07) is 11.7. The van der Waals surface area contributed by atoms with E-state index in [1.165, 1.54) is 46.3 Å². The third-order valence-corrected chi connectivity index (χ3v) is 4.75. The molecule has 0 aliphatic heterocycles. The first kappa shape index (κ1) is 13.7. The molecule has 1 nitrogen and oxygen atoms in total. The smallest absolute Gasteiger partial charge is 0.0520 e. The van der Waals surface area contributed by atoms with Gasteiger partial charge in [-0.25, -0.2) is 0 Å². The number of anilines is 1. The highest BCUT2D eigenvalue weighted by molar-refractivity contribution is 9.10. The second kappa shape index (κ2) is 5.25. The highest BCUT2D eigenvalue weighted by atomic mass is 79.9. The van der Waals surface area contributed by atoms with Crippen LogP contribution in [0.15, 0.2) is 34.8 Å². The van der Waals surface area contributed by atoms with Crippen LogP contribution in [-0.4, -0.2) is 0 Å². The van der Waals surface area contributed by atoms with E-state index in [1.54, 1.807) is 0 Å². The number of rotatable bonds is 2. The third kappa shape index (κ3) is 2.49. The van der Waals surface area contributed by atoms with Crippen molar-refractivity contribution in [3.8, 4) is 0 Å². The Morgan fingerprint density at radius 2 is 1.85 bits per heavy atom. The minimum atomic E-state index is 0.433. The molecule has 0 radical (unpaired) electrons. The van der Waals surface area contributed by atoms with Gasteiger partial charge in [0.2, 0.25) is 0 Å². The molecule has 2 heteroatoms.